The summed E-state index contributed by atoms with van der Waals surface area (Å²) in [4.78, 5) is 10.6. The maximum absolute atomic E-state index is 10.6. The van der Waals surface area contributed by atoms with Gasteiger partial charge in [0.25, 0.3) is 0 Å². The molecule has 0 radical (unpaired) electrons. The van der Waals surface area contributed by atoms with Crippen LogP contribution in [0.25, 0.3) is 11.1 Å². The van der Waals surface area contributed by atoms with Crippen LogP contribution in [0.15, 0.2) is 36.4 Å². The maximum atomic E-state index is 10.6. The summed E-state index contributed by atoms with van der Waals surface area (Å²) >= 11 is 2.29. The molecule has 2 aromatic rings. The first-order valence-electron chi connectivity index (χ1n) is 7.26. The van der Waals surface area contributed by atoms with Crippen molar-refractivity contribution in [2.24, 2.45) is 0 Å². The number of ether oxygens (including phenoxy) is 2. The molecule has 0 aliphatic rings. The van der Waals surface area contributed by atoms with Crippen molar-refractivity contribution < 1.29 is 19.4 Å². The average Bonchev–Trinajstić information content (AvgIpc) is 2.52. The number of hydrogen-bond donors (Lipinski definition) is 1. The molecule has 1 N–H and O–H groups in total. The SMILES string of the molecule is Cc1cc(-c2cccc(OCC(=O)O)c2)cc(C)c1OCCI. The summed E-state index contributed by atoms with van der Waals surface area (Å²) < 4.78 is 12.0. The van der Waals surface area contributed by atoms with Crippen molar-refractivity contribution in [3.8, 4) is 22.6 Å². The molecular formula is C18H19IO4. The second kappa shape index (κ2) is 8.19. The van der Waals surface area contributed by atoms with Crippen LogP contribution in [0.1, 0.15) is 11.1 Å². The van der Waals surface area contributed by atoms with Gasteiger partial charge in [-0.1, -0.05) is 34.7 Å². The van der Waals surface area contributed by atoms with E-state index in [4.69, 9.17) is 14.6 Å². The third-order valence-corrected chi connectivity index (χ3v) is 3.75. The molecule has 0 bridgehead atoms. The number of halogens is 1. The standard InChI is InChI=1S/C18H19IO4/c1-12-8-15(9-13(2)18(12)22-7-6-19)14-4-3-5-16(10-14)23-11-17(20)21/h3-5,8-10H,6-7,11H2,1-2H3,(H,20,21). The number of carbonyl (C=O) groups is 1. The van der Waals surface area contributed by atoms with Crippen LogP contribution in [0.5, 0.6) is 11.5 Å². The van der Waals surface area contributed by atoms with Gasteiger partial charge in [0.1, 0.15) is 11.5 Å². The van der Waals surface area contributed by atoms with Crippen LogP contribution in [0.3, 0.4) is 0 Å². The Labute approximate surface area is 149 Å². The van der Waals surface area contributed by atoms with Crippen molar-refractivity contribution in [3.05, 3.63) is 47.5 Å². The van der Waals surface area contributed by atoms with Crippen LogP contribution in [-0.4, -0.2) is 28.7 Å². The summed E-state index contributed by atoms with van der Waals surface area (Å²) in [5.74, 6) is 0.494. The lowest BCUT2D eigenvalue weighted by atomic mass is 9.99. The lowest BCUT2D eigenvalue weighted by molar-refractivity contribution is -0.139. The molecule has 4 nitrogen and oxygen atoms in total. The monoisotopic (exact) mass is 426 g/mol. The van der Waals surface area contributed by atoms with Crippen LogP contribution >= 0.6 is 22.6 Å². The molecule has 0 saturated heterocycles. The van der Waals surface area contributed by atoms with Gasteiger partial charge in [-0.3, -0.25) is 0 Å². The molecule has 5 heteroatoms. The first-order valence-corrected chi connectivity index (χ1v) is 8.79. The first kappa shape index (κ1) is 17.6. The molecule has 0 aliphatic heterocycles. The van der Waals surface area contributed by atoms with E-state index < -0.39 is 5.97 Å². The Kier molecular flexibility index (Phi) is 6.27. The highest BCUT2D eigenvalue weighted by Crippen LogP contribution is 2.31. The molecule has 0 saturated carbocycles. The van der Waals surface area contributed by atoms with E-state index in [1.54, 1.807) is 6.07 Å². The second-order valence-corrected chi connectivity index (χ2v) is 6.27. The highest BCUT2D eigenvalue weighted by Gasteiger charge is 2.09. The van der Waals surface area contributed by atoms with Crippen molar-refractivity contribution in [1.29, 1.82) is 0 Å². The van der Waals surface area contributed by atoms with Crippen LogP contribution in [0.4, 0.5) is 0 Å². The maximum Gasteiger partial charge on any atom is 0.341 e. The zero-order valence-corrected chi connectivity index (χ0v) is 15.3. The molecule has 0 unspecified atom stereocenters. The normalized spacial score (nSPS) is 10.4. The van der Waals surface area contributed by atoms with Gasteiger partial charge in [-0.05, 0) is 60.4 Å². The zero-order valence-electron chi connectivity index (χ0n) is 13.1. The minimum Gasteiger partial charge on any atom is -0.492 e. The highest BCUT2D eigenvalue weighted by molar-refractivity contribution is 14.1. The Balaban J connectivity index is 2.28. The zero-order chi connectivity index (χ0) is 16.8. The van der Waals surface area contributed by atoms with Gasteiger partial charge in [0.05, 0.1) is 6.61 Å². The predicted octanol–water partition coefficient (Wildman–Crippen LogP) is 4.25. The number of benzene rings is 2. The fourth-order valence-corrected chi connectivity index (χ4v) is 2.62. The molecule has 0 fully saturated rings. The van der Waals surface area contributed by atoms with E-state index in [9.17, 15) is 4.79 Å². The van der Waals surface area contributed by atoms with E-state index in [0.717, 1.165) is 32.4 Å². The average molecular weight is 426 g/mol. The Morgan fingerprint density at radius 1 is 1.09 bits per heavy atom. The fraction of sp³-hybridized carbons (Fsp3) is 0.278. The predicted molar refractivity (Wildman–Crippen MR) is 98.9 cm³/mol. The minimum atomic E-state index is -0.987. The topological polar surface area (TPSA) is 55.8 Å². The van der Waals surface area contributed by atoms with Crippen LogP contribution in [0.2, 0.25) is 0 Å². The Morgan fingerprint density at radius 2 is 1.78 bits per heavy atom. The molecule has 0 aromatic heterocycles. The van der Waals surface area contributed by atoms with Gasteiger partial charge in [0, 0.05) is 4.43 Å². The van der Waals surface area contributed by atoms with Crippen molar-refractivity contribution in [3.63, 3.8) is 0 Å². The molecule has 23 heavy (non-hydrogen) atoms. The lowest BCUT2D eigenvalue weighted by Gasteiger charge is -2.14. The number of aliphatic carboxylic acids is 1. The quantitative estimate of drug-likeness (QED) is 0.532. The number of aryl methyl sites for hydroxylation is 2. The van der Waals surface area contributed by atoms with Crippen LogP contribution in [-0.2, 0) is 4.79 Å². The van der Waals surface area contributed by atoms with Gasteiger partial charge < -0.3 is 14.6 Å². The van der Waals surface area contributed by atoms with E-state index in [1.807, 2.05) is 32.0 Å². The van der Waals surface area contributed by atoms with E-state index in [-0.39, 0.29) is 6.61 Å². The molecule has 2 aromatic carbocycles. The number of rotatable bonds is 7. The second-order valence-electron chi connectivity index (χ2n) is 5.19. The molecular weight excluding hydrogens is 407 g/mol. The van der Waals surface area contributed by atoms with Gasteiger partial charge >= 0.3 is 5.97 Å². The van der Waals surface area contributed by atoms with Gasteiger partial charge in [-0.25, -0.2) is 4.79 Å². The van der Waals surface area contributed by atoms with Gasteiger partial charge in [-0.15, -0.1) is 0 Å². The van der Waals surface area contributed by atoms with Crippen LogP contribution in [0, 0.1) is 13.8 Å². The summed E-state index contributed by atoms with van der Waals surface area (Å²) in [7, 11) is 0. The first-order chi connectivity index (χ1) is 11.0. The molecule has 0 spiro atoms. The van der Waals surface area contributed by atoms with Gasteiger partial charge in [0.15, 0.2) is 6.61 Å². The Hall–Kier alpha value is -1.76. The number of carboxylic acid groups (broad SMARTS) is 1. The van der Waals surface area contributed by atoms with Gasteiger partial charge in [-0.2, -0.15) is 0 Å². The third kappa shape index (κ3) is 4.86. The summed E-state index contributed by atoms with van der Waals surface area (Å²) in [6, 6.07) is 11.6. The van der Waals surface area contributed by atoms with Crippen LogP contribution < -0.4 is 9.47 Å². The van der Waals surface area contributed by atoms with Gasteiger partial charge in [0.2, 0.25) is 0 Å². The smallest absolute Gasteiger partial charge is 0.341 e. The Morgan fingerprint density at radius 3 is 2.39 bits per heavy atom. The van der Waals surface area contributed by atoms with E-state index in [2.05, 4.69) is 34.7 Å². The van der Waals surface area contributed by atoms with E-state index >= 15 is 0 Å². The summed E-state index contributed by atoms with van der Waals surface area (Å²) in [5.41, 5.74) is 4.21. The number of carboxylic acids is 1. The van der Waals surface area contributed by atoms with E-state index in [1.165, 1.54) is 0 Å². The summed E-state index contributed by atoms with van der Waals surface area (Å²) in [6.45, 7) is 4.41. The highest BCUT2D eigenvalue weighted by atomic mass is 127. The molecule has 0 heterocycles. The molecule has 0 aliphatic carbocycles. The Bertz CT molecular complexity index is 674. The summed E-state index contributed by atoms with van der Waals surface area (Å²) in [6.07, 6.45) is 0. The fourth-order valence-electron chi connectivity index (χ4n) is 2.40. The molecule has 122 valence electrons. The number of alkyl halides is 1. The van der Waals surface area contributed by atoms with Crippen molar-refractivity contribution in [1.82, 2.24) is 0 Å². The number of hydrogen-bond acceptors (Lipinski definition) is 3. The van der Waals surface area contributed by atoms with E-state index in [0.29, 0.717) is 12.4 Å². The van der Waals surface area contributed by atoms with Crippen molar-refractivity contribution >= 4 is 28.6 Å². The van der Waals surface area contributed by atoms with Crippen molar-refractivity contribution in [2.75, 3.05) is 17.6 Å². The van der Waals surface area contributed by atoms with Crippen molar-refractivity contribution in [2.45, 2.75) is 13.8 Å². The molecule has 0 atom stereocenters. The largest absolute Gasteiger partial charge is 0.492 e. The molecule has 0 amide bonds. The minimum absolute atomic E-state index is 0.343. The molecule has 2 rings (SSSR count). The summed E-state index contributed by atoms with van der Waals surface area (Å²) in [5, 5.41) is 8.70. The lowest BCUT2D eigenvalue weighted by Crippen LogP contribution is -2.09. The third-order valence-electron chi connectivity index (χ3n) is 3.31.